The fourth-order valence-corrected chi connectivity index (χ4v) is 4.33. The van der Waals surface area contributed by atoms with E-state index in [2.05, 4.69) is 18.2 Å². The van der Waals surface area contributed by atoms with E-state index in [4.69, 9.17) is 10.5 Å². The Kier molecular flexibility index (Phi) is 3.57. The zero-order valence-corrected chi connectivity index (χ0v) is 14.9. The second-order valence-electron chi connectivity index (χ2n) is 8.02. The number of nitrogens with two attached hydrogens (primary N) is 1. The van der Waals surface area contributed by atoms with Crippen molar-refractivity contribution in [3.63, 3.8) is 0 Å². The Hall–Kier alpha value is -2.33. The van der Waals surface area contributed by atoms with Gasteiger partial charge in [-0.05, 0) is 60.8 Å². The average Bonchev–Trinajstić information content (AvgIpc) is 3.40. The first-order valence-corrected chi connectivity index (χ1v) is 9.56. The predicted molar refractivity (Wildman–Crippen MR) is 101 cm³/mol. The van der Waals surface area contributed by atoms with Gasteiger partial charge in [-0.1, -0.05) is 42.5 Å². The van der Waals surface area contributed by atoms with Crippen molar-refractivity contribution in [2.45, 2.75) is 50.3 Å². The van der Waals surface area contributed by atoms with Gasteiger partial charge in [-0.25, -0.2) is 4.79 Å². The van der Waals surface area contributed by atoms with Crippen LogP contribution in [0, 0.1) is 5.92 Å². The van der Waals surface area contributed by atoms with Gasteiger partial charge in [0.15, 0.2) is 0 Å². The Morgan fingerprint density at radius 2 is 1.96 bits per heavy atom. The topological polar surface area (TPSA) is 55.6 Å². The zero-order valence-electron chi connectivity index (χ0n) is 14.9. The lowest BCUT2D eigenvalue weighted by Gasteiger charge is -2.48. The Morgan fingerprint density at radius 3 is 2.65 bits per heavy atom. The summed E-state index contributed by atoms with van der Waals surface area (Å²) in [5, 5.41) is 0. The van der Waals surface area contributed by atoms with Gasteiger partial charge in [-0.15, -0.1) is 0 Å². The summed E-state index contributed by atoms with van der Waals surface area (Å²) in [6.45, 7) is 0.312. The quantitative estimate of drug-likeness (QED) is 0.908. The van der Waals surface area contributed by atoms with Crippen LogP contribution in [-0.4, -0.2) is 12.1 Å². The van der Waals surface area contributed by atoms with Crippen LogP contribution < -0.4 is 10.6 Å². The lowest BCUT2D eigenvalue weighted by atomic mass is 9.71. The molecule has 0 saturated heterocycles. The number of ether oxygens (including phenoxy) is 1. The molecule has 2 aromatic rings. The van der Waals surface area contributed by atoms with Crippen LogP contribution >= 0.6 is 0 Å². The number of anilines is 1. The maximum absolute atomic E-state index is 12.9. The molecule has 1 amide bonds. The van der Waals surface area contributed by atoms with Gasteiger partial charge in [-0.3, -0.25) is 4.90 Å². The minimum absolute atomic E-state index is 0.135. The van der Waals surface area contributed by atoms with E-state index in [9.17, 15) is 4.79 Å². The van der Waals surface area contributed by atoms with Crippen LogP contribution in [0.1, 0.15) is 42.4 Å². The molecule has 2 atom stereocenters. The summed E-state index contributed by atoms with van der Waals surface area (Å²) in [5.74, 6) is 0.551. The van der Waals surface area contributed by atoms with Gasteiger partial charge < -0.3 is 10.5 Å². The highest BCUT2D eigenvalue weighted by Gasteiger charge is 2.45. The maximum atomic E-state index is 12.9. The van der Waals surface area contributed by atoms with Crippen LogP contribution in [0.25, 0.3) is 0 Å². The third-order valence-corrected chi connectivity index (χ3v) is 6.30. The number of rotatable bonds is 3. The van der Waals surface area contributed by atoms with Gasteiger partial charge in [-0.2, -0.15) is 0 Å². The Labute approximate surface area is 153 Å². The van der Waals surface area contributed by atoms with E-state index < -0.39 is 0 Å². The predicted octanol–water partition coefficient (Wildman–Crippen LogP) is 4.11. The first kappa shape index (κ1) is 15.9. The molecule has 4 nitrogen and oxygen atoms in total. The van der Waals surface area contributed by atoms with Crippen LogP contribution in [0.5, 0.6) is 0 Å². The fourth-order valence-electron chi connectivity index (χ4n) is 4.33. The molecular formula is C22H24N2O2. The summed E-state index contributed by atoms with van der Waals surface area (Å²) in [6.07, 6.45) is 5.18. The van der Waals surface area contributed by atoms with E-state index in [0.717, 1.165) is 36.9 Å². The smallest absolute Gasteiger partial charge is 0.414 e. The van der Waals surface area contributed by atoms with Crippen LogP contribution in [0.4, 0.5) is 10.5 Å². The van der Waals surface area contributed by atoms with E-state index in [1.165, 1.54) is 17.5 Å². The molecule has 2 fully saturated rings. The van der Waals surface area contributed by atoms with Crippen molar-refractivity contribution in [1.82, 2.24) is 0 Å². The molecular weight excluding hydrogens is 324 g/mol. The van der Waals surface area contributed by atoms with Crippen molar-refractivity contribution in [2.24, 2.45) is 11.7 Å². The second kappa shape index (κ2) is 5.85. The van der Waals surface area contributed by atoms with Crippen LogP contribution in [0.15, 0.2) is 48.5 Å². The molecule has 2 unspecified atom stereocenters. The average molecular weight is 348 g/mol. The Bertz CT molecular complexity index is 844. The number of carbonyl (C=O) groups is 1. The first-order valence-electron chi connectivity index (χ1n) is 9.56. The molecule has 26 heavy (non-hydrogen) atoms. The van der Waals surface area contributed by atoms with E-state index in [1.807, 2.05) is 35.2 Å². The van der Waals surface area contributed by atoms with Crippen molar-refractivity contribution in [3.8, 4) is 0 Å². The largest absolute Gasteiger partial charge is 0.444 e. The zero-order chi connectivity index (χ0) is 17.7. The summed E-state index contributed by atoms with van der Waals surface area (Å²) in [4.78, 5) is 14.8. The molecule has 4 heteroatoms. The number of nitrogens with zero attached hydrogens (tertiary/aromatic N) is 1. The van der Waals surface area contributed by atoms with E-state index in [0.29, 0.717) is 12.5 Å². The van der Waals surface area contributed by atoms with Gasteiger partial charge >= 0.3 is 6.09 Å². The molecule has 1 aliphatic heterocycles. The van der Waals surface area contributed by atoms with Crippen molar-refractivity contribution in [2.75, 3.05) is 4.90 Å². The second-order valence-corrected chi connectivity index (χ2v) is 8.02. The highest BCUT2D eigenvalue weighted by molar-refractivity contribution is 5.90. The lowest BCUT2D eigenvalue weighted by Crippen LogP contribution is -2.54. The number of carbonyl (C=O) groups excluding carboxylic acids is 1. The highest BCUT2D eigenvalue weighted by atomic mass is 16.6. The van der Waals surface area contributed by atoms with E-state index in [1.54, 1.807) is 0 Å². The monoisotopic (exact) mass is 348 g/mol. The number of fused-ring (bicyclic) bond motifs is 2. The SMILES string of the molecule is NC1(c2ccc3c(c2)CC2CCC2N3C(=O)OCc2ccccc2)CC1. The molecule has 0 bridgehead atoms. The molecule has 0 aromatic heterocycles. The number of amides is 1. The van der Waals surface area contributed by atoms with Crippen LogP contribution in [0.2, 0.25) is 0 Å². The van der Waals surface area contributed by atoms with Crippen LogP contribution in [0.3, 0.4) is 0 Å². The normalized spacial score (nSPS) is 24.9. The van der Waals surface area contributed by atoms with Gasteiger partial charge in [0.25, 0.3) is 0 Å². The maximum Gasteiger partial charge on any atom is 0.414 e. The van der Waals surface area contributed by atoms with Gasteiger partial charge in [0.05, 0.1) is 5.69 Å². The first-order chi connectivity index (χ1) is 12.6. The number of hydrogen-bond acceptors (Lipinski definition) is 3. The van der Waals surface area contributed by atoms with E-state index in [-0.39, 0.29) is 17.7 Å². The van der Waals surface area contributed by atoms with Crippen molar-refractivity contribution in [3.05, 3.63) is 65.2 Å². The van der Waals surface area contributed by atoms with Crippen molar-refractivity contribution < 1.29 is 9.53 Å². The van der Waals surface area contributed by atoms with Crippen molar-refractivity contribution in [1.29, 1.82) is 0 Å². The van der Waals surface area contributed by atoms with Crippen molar-refractivity contribution >= 4 is 11.8 Å². The van der Waals surface area contributed by atoms with Gasteiger partial charge in [0.1, 0.15) is 6.61 Å². The number of hydrogen-bond donors (Lipinski definition) is 1. The third kappa shape index (κ3) is 2.60. The molecule has 2 saturated carbocycles. The molecule has 134 valence electrons. The van der Waals surface area contributed by atoms with Gasteiger partial charge in [0.2, 0.25) is 0 Å². The Balaban J connectivity index is 1.40. The molecule has 2 N–H and O–H groups in total. The molecule has 2 aromatic carbocycles. The fraction of sp³-hybridized carbons (Fsp3) is 0.409. The molecule has 2 aliphatic carbocycles. The molecule has 5 rings (SSSR count). The summed E-state index contributed by atoms with van der Waals surface area (Å²) in [6, 6.07) is 16.5. The summed E-state index contributed by atoms with van der Waals surface area (Å²) < 4.78 is 5.65. The summed E-state index contributed by atoms with van der Waals surface area (Å²) >= 11 is 0. The standard InChI is InChI=1S/C22H24N2O2/c23-22(10-11-22)18-7-9-20-17(13-18)12-16-6-8-19(16)24(20)21(25)26-14-15-4-2-1-3-5-15/h1-5,7,9,13,16,19H,6,8,10-12,14,23H2. The third-order valence-electron chi connectivity index (χ3n) is 6.30. The number of benzene rings is 2. The Morgan fingerprint density at radius 1 is 1.15 bits per heavy atom. The van der Waals surface area contributed by atoms with Gasteiger partial charge in [0, 0.05) is 11.6 Å². The molecule has 0 radical (unpaired) electrons. The summed E-state index contributed by atoms with van der Waals surface area (Å²) in [7, 11) is 0. The lowest BCUT2D eigenvalue weighted by molar-refractivity contribution is 0.130. The summed E-state index contributed by atoms with van der Waals surface area (Å²) in [5.41, 5.74) is 10.7. The van der Waals surface area contributed by atoms with Crippen LogP contribution in [-0.2, 0) is 23.3 Å². The molecule has 1 heterocycles. The molecule has 0 spiro atoms. The highest BCUT2D eigenvalue weighted by Crippen LogP contribution is 2.48. The minimum Gasteiger partial charge on any atom is -0.444 e. The molecule has 3 aliphatic rings. The van der Waals surface area contributed by atoms with E-state index >= 15 is 0 Å². The minimum atomic E-state index is -0.230.